The first kappa shape index (κ1) is 15.8. The van der Waals surface area contributed by atoms with Crippen LogP contribution in [0.1, 0.15) is 32.3 Å². The van der Waals surface area contributed by atoms with Gasteiger partial charge in [0.1, 0.15) is 0 Å². The van der Waals surface area contributed by atoms with E-state index in [9.17, 15) is 14.7 Å². The van der Waals surface area contributed by atoms with Crippen LogP contribution in [0.5, 0.6) is 0 Å². The highest BCUT2D eigenvalue weighted by Gasteiger charge is 2.38. The van der Waals surface area contributed by atoms with E-state index in [2.05, 4.69) is 16.8 Å². The molecular weight excluding hydrogens is 288 g/mol. The number of urea groups is 1. The first-order valence-corrected chi connectivity index (χ1v) is 8.15. The minimum absolute atomic E-state index is 0.0693. The van der Waals surface area contributed by atoms with E-state index in [-0.39, 0.29) is 12.1 Å². The Morgan fingerprint density at radius 2 is 2.14 bits per heavy atom. The SMILES string of the molecule is CC(Cc1ccsc1)NC(=O)N1CCC(C)(C(=O)O)CC1. The van der Waals surface area contributed by atoms with E-state index in [1.807, 2.05) is 12.3 Å². The Kier molecular flexibility index (Phi) is 4.88. The number of carboxylic acids is 1. The molecule has 2 amide bonds. The largest absolute Gasteiger partial charge is 0.481 e. The maximum absolute atomic E-state index is 12.2. The number of carbonyl (C=O) groups excluding carboxylic acids is 1. The summed E-state index contributed by atoms with van der Waals surface area (Å²) in [4.78, 5) is 25.1. The molecule has 0 aliphatic carbocycles. The molecule has 116 valence electrons. The minimum Gasteiger partial charge on any atom is -0.481 e. The van der Waals surface area contributed by atoms with Gasteiger partial charge in [0.15, 0.2) is 0 Å². The van der Waals surface area contributed by atoms with Gasteiger partial charge in [-0.15, -0.1) is 0 Å². The molecule has 21 heavy (non-hydrogen) atoms. The van der Waals surface area contributed by atoms with E-state index in [4.69, 9.17) is 0 Å². The highest BCUT2D eigenvalue weighted by molar-refractivity contribution is 7.07. The molecule has 2 heterocycles. The Labute approximate surface area is 129 Å². The van der Waals surface area contributed by atoms with Gasteiger partial charge in [-0.2, -0.15) is 11.3 Å². The third-order valence-electron chi connectivity index (χ3n) is 4.16. The van der Waals surface area contributed by atoms with Crippen molar-refractivity contribution in [1.29, 1.82) is 0 Å². The summed E-state index contributed by atoms with van der Waals surface area (Å²) in [5.41, 5.74) is 0.531. The van der Waals surface area contributed by atoms with Crippen molar-refractivity contribution >= 4 is 23.3 Å². The highest BCUT2D eigenvalue weighted by atomic mass is 32.1. The number of nitrogens with one attached hydrogen (secondary N) is 1. The molecule has 0 saturated carbocycles. The number of hydrogen-bond acceptors (Lipinski definition) is 3. The number of piperidine rings is 1. The number of aliphatic carboxylic acids is 1. The predicted molar refractivity (Wildman–Crippen MR) is 82.6 cm³/mol. The second-order valence-corrected chi connectivity index (χ2v) is 6.82. The number of amides is 2. The Bertz CT molecular complexity index is 493. The molecule has 1 aromatic heterocycles. The van der Waals surface area contributed by atoms with E-state index in [1.165, 1.54) is 5.56 Å². The molecule has 1 aliphatic heterocycles. The van der Waals surface area contributed by atoms with Crippen LogP contribution in [0.25, 0.3) is 0 Å². The summed E-state index contributed by atoms with van der Waals surface area (Å²) in [6, 6.07) is 2.04. The number of hydrogen-bond donors (Lipinski definition) is 2. The first-order chi connectivity index (χ1) is 9.90. The Hall–Kier alpha value is -1.56. The van der Waals surface area contributed by atoms with Gasteiger partial charge in [-0.05, 0) is 55.5 Å². The summed E-state index contributed by atoms with van der Waals surface area (Å²) >= 11 is 1.65. The zero-order valence-corrected chi connectivity index (χ0v) is 13.3. The molecule has 0 aromatic carbocycles. The lowest BCUT2D eigenvalue weighted by atomic mass is 9.80. The van der Waals surface area contributed by atoms with Gasteiger partial charge >= 0.3 is 12.0 Å². The third-order valence-corrected chi connectivity index (χ3v) is 4.89. The Morgan fingerprint density at radius 3 is 2.67 bits per heavy atom. The van der Waals surface area contributed by atoms with E-state index < -0.39 is 11.4 Å². The van der Waals surface area contributed by atoms with E-state index in [1.54, 1.807) is 23.2 Å². The molecule has 1 unspecified atom stereocenters. The topological polar surface area (TPSA) is 69.6 Å². The Balaban J connectivity index is 1.81. The van der Waals surface area contributed by atoms with E-state index >= 15 is 0 Å². The summed E-state index contributed by atoms with van der Waals surface area (Å²) in [6.07, 6.45) is 1.83. The zero-order valence-electron chi connectivity index (χ0n) is 12.5. The summed E-state index contributed by atoms with van der Waals surface area (Å²) in [7, 11) is 0. The van der Waals surface area contributed by atoms with Crippen LogP contribution >= 0.6 is 11.3 Å². The lowest BCUT2D eigenvalue weighted by Gasteiger charge is -2.36. The molecule has 0 bridgehead atoms. The molecule has 1 atom stereocenters. The van der Waals surface area contributed by atoms with Gasteiger partial charge in [0.05, 0.1) is 5.41 Å². The van der Waals surface area contributed by atoms with Crippen molar-refractivity contribution in [2.45, 2.75) is 39.2 Å². The van der Waals surface area contributed by atoms with Gasteiger partial charge < -0.3 is 15.3 Å². The van der Waals surface area contributed by atoms with Gasteiger partial charge in [0, 0.05) is 19.1 Å². The lowest BCUT2D eigenvalue weighted by Crippen LogP contribution is -2.50. The molecule has 0 radical (unpaired) electrons. The maximum atomic E-state index is 12.2. The van der Waals surface area contributed by atoms with Crippen molar-refractivity contribution in [3.8, 4) is 0 Å². The number of nitrogens with zero attached hydrogens (tertiary/aromatic N) is 1. The maximum Gasteiger partial charge on any atom is 0.317 e. The van der Waals surface area contributed by atoms with Gasteiger partial charge in [-0.3, -0.25) is 4.79 Å². The molecular formula is C15H22N2O3S. The average molecular weight is 310 g/mol. The molecule has 2 rings (SSSR count). The lowest BCUT2D eigenvalue weighted by molar-refractivity contribution is -0.150. The molecule has 1 saturated heterocycles. The standard InChI is InChI=1S/C15H22N2O3S/c1-11(9-12-3-8-21-10-12)16-14(20)17-6-4-15(2,5-7-17)13(18)19/h3,8,10-11H,4-7,9H2,1-2H3,(H,16,20)(H,18,19). The van der Waals surface area contributed by atoms with Crippen LogP contribution in [0.4, 0.5) is 4.79 Å². The minimum atomic E-state index is -0.770. The van der Waals surface area contributed by atoms with Crippen molar-refractivity contribution in [3.05, 3.63) is 22.4 Å². The predicted octanol–water partition coefficient (Wildman–Crippen LogP) is 2.58. The van der Waals surface area contributed by atoms with Crippen LogP contribution in [0.3, 0.4) is 0 Å². The van der Waals surface area contributed by atoms with Crippen LogP contribution in [-0.2, 0) is 11.2 Å². The summed E-state index contributed by atoms with van der Waals surface area (Å²) in [5.74, 6) is -0.770. The molecule has 6 heteroatoms. The fourth-order valence-corrected chi connectivity index (χ4v) is 3.21. The van der Waals surface area contributed by atoms with Crippen molar-refractivity contribution < 1.29 is 14.7 Å². The highest BCUT2D eigenvalue weighted by Crippen LogP contribution is 2.30. The van der Waals surface area contributed by atoms with Crippen LogP contribution in [0.15, 0.2) is 16.8 Å². The fourth-order valence-electron chi connectivity index (χ4n) is 2.53. The van der Waals surface area contributed by atoms with Crippen LogP contribution < -0.4 is 5.32 Å². The van der Waals surface area contributed by atoms with Gasteiger partial charge in [-0.25, -0.2) is 4.79 Å². The molecule has 1 aliphatic rings. The van der Waals surface area contributed by atoms with Crippen molar-refractivity contribution in [2.75, 3.05) is 13.1 Å². The van der Waals surface area contributed by atoms with Gasteiger partial charge in [0.25, 0.3) is 0 Å². The molecule has 0 spiro atoms. The number of thiophene rings is 1. The van der Waals surface area contributed by atoms with Crippen LogP contribution in [0.2, 0.25) is 0 Å². The van der Waals surface area contributed by atoms with Gasteiger partial charge in [0.2, 0.25) is 0 Å². The number of likely N-dealkylation sites (tertiary alicyclic amines) is 1. The summed E-state index contributed by atoms with van der Waals surface area (Å²) in [5, 5.41) is 16.3. The second-order valence-electron chi connectivity index (χ2n) is 6.04. The Morgan fingerprint density at radius 1 is 1.48 bits per heavy atom. The normalized spacial score (nSPS) is 19.0. The number of rotatable bonds is 4. The fraction of sp³-hybridized carbons (Fsp3) is 0.600. The average Bonchev–Trinajstić information content (AvgIpc) is 2.91. The first-order valence-electron chi connectivity index (χ1n) is 7.20. The van der Waals surface area contributed by atoms with Crippen molar-refractivity contribution in [2.24, 2.45) is 5.41 Å². The van der Waals surface area contributed by atoms with E-state index in [0.717, 1.165) is 6.42 Å². The van der Waals surface area contributed by atoms with Crippen molar-refractivity contribution in [1.82, 2.24) is 10.2 Å². The van der Waals surface area contributed by atoms with Crippen LogP contribution in [0, 0.1) is 5.41 Å². The molecule has 2 N–H and O–H groups in total. The van der Waals surface area contributed by atoms with Crippen molar-refractivity contribution in [3.63, 3.8) is 0 Å². The second kappa shape index (κ2) is 6.47. The van der Waals surface area contributed by atoms with Crippen LogP contribution in [-0.4, -0.2) is 41.1 Å². The smallest absolute Gasteiger partial charge is 0.317 e. The molecule has 1 fully saturated rings. The molecule has 5 nitrogen and oxygen atoms in total. The number of carboxylic acid groups (broad SMARTS) is 1. The zero-order chi connectivity index (χ0) is 15.5. The quantitative estimate of drug-likeness (QED) is 0.898. The molecule has 1 aromatic rings. The summed E-state index contributed by atoms with van der Waals surface area (Å²) in [6.45, 7) is 4.74. The number of carbonyl (C=O) groups is 2. The summed E-state index contributed by atoms with van der Waals surface area (Å²) < 4.78 is 0. The monoisotopic (exact) mass is 310 g/mol. The third kappa shape index (κ3) is 3.97. The van der Waals surface area contributed by atoms with E-state index in [0.29, 0.717) is 25.9 Å². The van der Waals surface area contributed by atoms with Gasteiger partial charge in [-0.1, -0.05) is 0 Å².